The van der Waals surface area contributed by atoms with Crippen LogP contribution in [0.3, 0.4) is 0 Å². The van der Waals surface area contributed by atoms with Gasteiger partial charge < -0.3 is 19.2 Å². The molecule has 1 unspecified atom stereocenters. The number of para-hydroxylation sites is 1. The number of esters is 2. The van der Waals surface area contributed by atoms with Crippen LogP contribution in [0.15, 0.2) is 35.3 Å². The largest absolute Gasteiger partial charge is 0.496 e. The molecule has 7 nitrogen and oxygen atoms in total. The van der Waals surface area contributed by atoms with Crippen LogP contribution in [0.5, 0.6) is 11.5 Å². The number of pyridine rings is 1. The van der Waals surface area contributed by atoms with Crippen LogP contribution < -0.4 is 15.0 Å². The minimum atomic E-state index is -0.663. The summed E-state index contributed by atoms with van der Waals surface area (Å²) in [5, 5.41) is 0. The summed E-state index contributed by atoms with van der Waals surface area (Å²) in [5.41, 5.74) is 0.486. The van der Waals surface area contributed by atoms with Crippen molar-refractivity contribution < 1.29 is 23.8 Å². The predicted molar refractivity (Wildman–Crippen MR) is 88.1 cm³/mol. The van der Waals surface area contributed by atoms with E-state index in [1.54, 1.807) is 31.2 Å². The Bertz CT molecular complexity index is 885. The Labute approximate surface area is 143 Å². The van der Waals surface area contributed by atoms with E-state index in [0.717, 1.165) is 0 Å². The fourth-order valence-electron chi connectivity index (χ4n) is 2.96. The summed E-state index contributed by atoms with van der Waals surface area (Å²) in [4.78, 5) is 39.2. The van der Waals surface area contributed by atoms with Gasteiger partial charge in [0.05, 0.1) is 25.7 Å². The maximum absolute atomic E-state index is 12.4. The van der Waals surface area contributed by atoms with Gasteiger partial charge in [0.2, 0.25) is 0 Å². The summed E-state index contributed by atoms with van der Waals surface area (Å²) in [7, 11) is 1.51. The number of methoxy groups -OCH3 is 1. The molecule has 2 aromatic rings. The molecule has 130 valence electrons. The van der Waals surface area contributed by atoms with E-state index in [-0.39, 0.29) is 29.9 Å². The number of carbonyl (C=O) groups is 2. The molecule has 25 heavy (non-hydrogen) atoms. The first-order valence-electron chi connectivity index (χ1n) is 7.83. The number of hydrogen-bond acceptors (Lipinski definition) is 6. The van der Waals surface area contributed by atoms with Crippen LogP contribution in [0.2, 0.25) is 0 Å². The second kappa shape index (κ2) is 6.80. The highest BCUT2D eigenvalue weighted by molar-refractivity contribution is 5.94. The molecule has 0 fully saturated rings. The zero-order valence-electron chi connectivity index (χ0n) is 13.8. The number of nitrogens with one attached hydrogen (secondary N) is 1. The monoisotopic (exact) mass is 343 g/mol. The SMILES string of the molecule is CCOC(=O)c1c[nH]c(=O)c2c1OC(=O)CC2c1ccccc1OC. The number of aromatic amines is 1. The van der Waals surface area contributed by atoms with Crippen molar-refractivity contribution in [3.8, 4) is 11.5 Å². The number of hydrogen-bond donors (Lipinski definition) is 1. The van der Waals surface area contributed by atoms with Crippen LogP contribution in [0, 0.1) is 0 Å². The van der Waals surface area contributed by atoms with Gasteiger partial charge in [0.25, 0.3) is 5.56 Å². The number of aromatic nitrogens is 1. The van der Waals surface area contributed by atoms with E-state index in [1.807, 2.05) is 0 Å². The first-order chi connectivity index (χ1) is 12.1. The lowest BCUT2D eigenvalue weighted by molar-refractivity contribution is -0.135. The molecule has 1 atom stereocenters. The maximum atomic E-state index is 12.4. The Balaban J connectivity index is 2.21. The third kappa shape index (κ3) is 3.00. The minimum Gasteiger partial charge on any atom is -0.496 e. The number of ether oxygens (including phenoxy) is 3. The molecule has 1 aromatic heterocycles. The molecule has 2 heterocycles. The highest BCUT2D eigenvalue weighted by Crippen LogP contribution is 2.41. The van der Waals surface area contributed by atoms with E-state index >= 15 is 0 Å². The second-order valence-corrected chi connectivity index (χ2v) is 5.47. The molecular weight excluding hydrogens is 326 g/mol. The van der Waals surface area contributed by atoms with Gasteiger partial charge in [0.15, 0.2) is 5.75 Å². The Morgan fingerprint density at radius 1 is 1.32 bits per heavy atom. The molecule has 0 aliphatic carbocycles. The molecule has 3 rings (SSSR count). The molecule has 1 aliphatic rings. The molecule has 0 amide bonds. The highest BCUT2D eigenvalue weighted by Gasteiger charge is 2.36. The van der Waals surface area contributed by atoms with Gasteiger partial charge in [-0.2, -0.15) is 0 Å². The molecule has 0 bridgehead atoms. The van der Waals surface area contributed by atoms with Crippen molar-refractivity contribution in [1.82, 2.24) is 4.98 Å². The van der Waals surface area contributed by atoms with Gasteiger partial charge in [-0.25, -0.2) is 4.79 Å². The molecule has 1 N–H and O–H groups in total. The Hall–Kier alpha value is -3.09. The van der Waals surface area contributed by atoms with E-state index in [2.05, 4.69) is 4.98 Å². The zero-order valence-corrected chi connectivity index (χ0v) is 13.8. The predicted octanol–water partition coefficient (Wildman–Crippen LogP) is 2.00. The van der Waals surface area contributed by atoms with E-state index in [4.69, 9.17) is 14.2 Å². The van der Waals surface area contributed by atoms with Gasteiger partial charge in [0, 0.05) is 17.7 Å². The van der Waals surface area contributed by atoms with Crippen LogP contribution in [0.25, 0.3) is 0 Å². The van der Waals surface area contributed by atoms with E-state index in [1.165, 1.54) is 13.3 Å². The summed E-state index contributed by atoms with van der Waals surface area (Å²) in [6.45, 7) is 1.83. The highest BCUT2D eigenvalue weighted by atomic mass is 16.5. The zero-order chi connectivity index (χ0) is 18.0. The van der Waals surface area contributed by atoms with Crippen molar-refractivity contribution in [2.45, 2.75) is 19.3 Å². The second-order valence-electron chi connectivity index (χ2n) is 5.47. The van der Waals surface area contributed by atoms with Crippen LogP contribution in [-0.2, 0) is 9.53 Å². The van der Waals surface area contributed by atoms with E-state index < -0.39 is 23.4 Å². The van der Waals surface area contributed by atoms with Gasteiger partial charge in [-0.05, 0) is 13.0 Å². The van der Waals surface area contributed by atoms with Crippen LogP contribution >= 0.6 is 0 Å². The van der Waals surface area contributed by atoms with E-state index in [9.17, 15) is 14.4 Å². The van der Waals surface area contributed by atoms with Gasteiger partial charge in [-0.15, -0.1) is 0 Å². The first kappa shape index (κ1) is 16.8. The maximum Gasteiger partial charge on any atom is 0.343 e. The van der Waals surface area contributed by atoms with Gasteiger partial charge in [-0.1, -0.05) is 18.2 Å². The molecular formula is C18H17NO6. The van der Waals surface area contributed by atoms with E-state index in [0.29, 0.717) is 11.3 Å². The Morgan fingerprint density at radius 3 is 2.80 bits per heavy atom. The molecule has 7 heteroatoms. The summed E-state index contributed by atoms with van der Waals surface area (Å²) < 4.78 is 15.6. The van der Waals surface area contributed by atoms with Crippen molar-refractivity contribution in [1.29, 1.82) is 0 Å². The van der Waals surface area contributed by atoms with Gasteiger partial charge >= 0.3 is 11.9 Å². The van der Waals surface area contributed by atoms with Gasteiger partial charge in [0.1, 0.15) is 11.3 Å². The van der Waals surface area contributed by atoms with Gasteiger partial charge in [-0.3, -0.25) is 9.59 Å². The normalized spacial score (nSPS) is 15.9. The number of fused-ring (bicyclic) bond motifs is 1. The standard InChI is InChI=1S/C18H17NO6/c1-3-24-18(22)12-9-19-17(21)15-11(8-14(20)25-16(12)15)10-6-4-5-7-13(10)23-2/h4-7,9,11H,3,8H2,1-2H3,(H,19,21). The molecule has 0 spiro atoms. The van der Waals surface area contributed by atoms with Crippen molar-refractivity contribution in [2.75, 3.05) is 13.7 Å². The van der Waals surface area contributed by atoms with Crippen LogP contribution in [0.4, 0.5) is 0 Å². The molecule has 1 aliphatic heterocycles. The fraction of sp³-hybridized carbons (Fsp3) is 0.278. The lowest BCUT2D eigenvalue weighted by atomic mass is 9.86. The lowest BCUT2D eigenvalue weighted by Crippen LogP contribution is -2.30. The van der Waals surface area contributed by atoms with Crippen molar-refractivity contribution in [3.05, 3.63) is 57.5 Å². The topological polar surface area (TPSA) is 94.7 Å². The number of carbonyl (C=O) groups excluding carboxylic acids is 2. The van der Waals surface area contributed by atoms with Crippen LogP contribution in [-0.4, -0.2) is 30.6 Å². The number of benzene rings is 1. The first-order valence-corrected chi connectivity index (χ1v) is 7.83. The number of H-pyrrole nitrogens is 1. The third-order valence-corrected chi connectivity index (χ3v) is 4.03. The van der Waals surface area contributed by atoms with Crippen molar-refractivity contribution >= 4 is 11.9 Å². The average molecular weight is 343 g/mol. The Kier molecular flexibility index (Phi) is 4.56. The summed E-state index contributed by atoms with van der Waals surface area (Å²) >= 11 is 0. The van der Waals surface area contributed by atoms with Crippen molar-refractivity contribution in [2.24, 2.45) is 0 Å². The van der Waals surface area contributed by atoms with Crippen molar-refractivity contribution in [3.63, 3.8) is 0 Å². The summed E-state index contributed by atoms with van der Waals surface area (Å²) in [5.74, 6) is -1.27. The molecule has 0 saturated heterocycles. The third-order valence-electron chi connectivity index (χ3n) is 4.03. The summed E-state index contributed by atoms with van der Waals surface area (Å²) in [6, 6.07) is 7.12. The fourth-order valence-corrected chi connectivity index (χ4v) is 2.96. The molecule has 1 aromatic carbocycles. The molecule has 0 saturated carbocycles. The minimum absolute atomic E-state index is 0.0180. The molecule has 0 radical (unpaired) electrons. The Morgan fingerprint density at radius 2 is 2.08 bits per heavy atom. The average Bonchev–Trinajstić information content (AvgIpc) is 2.61. The van der Waals surface area contributed by atoms with Crippen LogP contribution in [0.1, 0.15) is 40.7 Å². The number of rotatable bonds is 4. The summed E-state index contributed by atoms with van der Waals surface area (Å²) in [6.07, 6.45) is 1.18. The lowest BCUT2D eigenvalue weighted by Gasteiger charge is -2.26. The quantitative estimate of drug-likeness (QED) is 0.853. The smallest absolute Gasteiger partial charge is 0.343 e.